The van der Waals surface area contributed by atoms with Crippen LogP contribution in [0.15, 0.2) is 53.6 Å². The first-order valence-corrected chi connectivity index (χ1v) is 13.4. The Morgan fingerprint density at radius 1 is 1.00 bits per heavy atom. The van der Waals surface area contributed by atoms with Gasteiger partial charge in [-0.2, -0.15) is 9.29 Å². The lowest BCUT2D eigenvalue weighted by Crippen LogP contribution is -2.67. The van der Waals surface area contributed by atoms with Crippen LogP contribution in [0, 0.1) is 18.6 Å². The number of nitrogens with one attached hydrogen (secondary N) is 2. The van der Waals surface area contributed by atoms with Gasteiger partial charge in [-0.3, -0.25) is 0 Å². The topological polar surface area (TPSA) is 111 Å². The molecule has 0 amide bonds. The molecular formula is C25H28F2N6O3S. The average Bonchev–Trinajstić information content (AvgIpc) is 3.35. The normalized spacial score (nSPS) is 17.9. The van der Waals surface area contributed by atoms with Crippen molar-refractivity contribution in [2.75, 3.05) is 43.4 Å². The summed E-state index contributed by atoms with van der Waals surface area (Å²) in [6.45, 7) is 4.09. The van der Waals surface area contributed by atoms with Gasteiger partial charge >= 0.3 is 0 Å². The van der Waals surface area contributed by atoms with Gasteiger partial charge in [-0.25, -0.2) is 22.2 Å². The molecule has 3 aromatic rings. The van der Waals surface area contributed by atoms with E-state index in [2.05, 4.69) is 25.5 Å². The fourth-order valence-corrected chi connectivity index (χ4v) is 6.20. The van der Waals surface area contributed by atoms with Crippen molar-refractivity contribution in [1.82, 2.24) is 19.2 Å². The van der Waals surface area contributed by atoms with Crippen molar-refractivity contribution in [2.24, 2.45) is 0 Å². The minimum atomic E-state index is -3.74. The van der Waals surface area contributed by atoms with E-state index in [1.165, 1.54) is 34.6 Å². The minimum Gasteiger partial charge on any atom is -0.386 e. The van der Waals surface area contributed by atoms with Crippen LogP contribution in [0.2, 0.25) is 0 Å². The number of rotatable bonds is 8. The van der Waals surface area contributed by atoms with E-state index >= 15 is 0 Å². The summed E-state index contributed by atoms with van der Waals surface area (Å²) in [5.74, 6) is -1.06. The molecule has 0 saturated carbocycles. The van der Waals surface area contributed by atoms with E-state index in [-0.39, 0.29) is 35.6 Å². The maximum absolute atomic E-state index is 14.3. The fraction of sp³-hybridized carbons (Fsp3) is 0.360. The summed E-state index contributed by atoms with van der Waals surface area (Å²) in [5, 5.41) is 16.4. The highest BCUT2D eigenvalue weighted by atomic mass is 32.2. The van der Waals surface area contributed by atoms with Crippen LogP contribution >= 0.6 is 0 Å². The number of aryl methyl sites for hydroxylation is 1. The van der Waals surface area contributed by atoms with E-state index in [9.17, 15) is 22.3 Å². The highest BCUT2D eigenvalue weighted by Crippen LogP contribution is 2.30. The van der Waals surface area contributed by atoms with Crippen molar-refractivity contribution < 1.29 is 22.3 Å². The van der Waals surface area contributed by atoms with Gasteiger partial charge in [-0.1, -0.05) is 0 Å². The van der Waals surface area contributed by atoms with Crippen LogP contribution in [0.5, 0.6) is 0 Å². The second-order valence-electron chi connectivity index (χ2n) is 9.61. The Balaban J connectivity index is 1.23. The maximum Gasteiger partial charge on any atom is 0.243 e. The van der Waals surface area contributed by atoms with Crippen molar-refractivity contribution in [2.45, 2.75) is 30.3 Å². The van der Waals surface area contributed by atoms with Gasteiger partial charge in [0.25, 0.3) is 0 Å². The number of hydrogen-bond donors (Lipinski definition) is 3. The first-order chi connectivity index (χ1) is 17.6. The summed E-state index contributed by atoms with van der Waals surface area (Å²) in [6.07, 6.45) is 3.21. The summed E-state index contributed by atoms with van der Waals surface area (Å²) in [5.41, 5.74) is 0.359. The monoisotopic (exact) mass is 530 g/mol. The molecule has 0 spiro atoms. The van der Waals surface area contributed by atoms with E-state index in [0.29, 0.717) is 23.5 Å². The summed E-state index contributed by atoms with van der Waals surface area (Å²) in [7, 11) is -3.74. The number of anilines is 4. The Morgan fingerprint density at radius 2 is 1.68 bits per heavy atom. The van der Waals surface area contributed by atoms with Crippen molar-refractivity contribution in [3.05, 3.63) is 65.9 Å². The molecule has 2 aliphatic heterocycles. The van der Waals surface area contributed by atoms with Crippen molar-refractivity contribution in [1.29, 1.82) is 0 Å². The maximum atomic E-state index is 14.3. The first-order valence-electron chi connectivity index (χ1n) is 12.0. The number of sulfonamides is 1. The molecule has 1 aromatic heterocycles. The van der Waals surface area contributed by atoms with Gasteiger partial charge in [-0.15, -0.1) is 0 Å². The van der Waals surface area contributed by atoms with E-state index < -0.39 is 21.4 Å². The molecular weight excluding hydrogens is 502 g/mol. The molecule has 0 aliphatic carbocycles. The molecule has 2 saturated heterocycles. The molecule has 2 aromatic carbocycles. The highest BCUT2D eigenvalue weighted by Gasteiger charge is 2.48. The predicted molar refractivity (Wildman–Crippen MR) is 136 cm³/mol. The second kappa shape index (κ2) is 9.93. The lowest BCUT2D eigenvalue weighted by molar-refractivity contribution is -0.0767. The molecule has 0 unspecified atom stereocenters. The van der Waals surface area contributed by atoms with Crippen LogP contribution in [0.4, 0.5) is 31.9 Å². The van der Waals surface area contributed by atoms with Gasteiger partial charge in [0, 0.05) is 31.0 Å². The van der Waals surface area contributed by atoms with E-state index in [1.54, 1.807) is 19.1 Å². The Morgan fingerprint density at radius 3 is 2.35 bits per heavy atom. The number of halogens is 2. The summed E-state index contributed by atoms with van der Waals surface area (Å²) < 4.78 is 55.0. The van der Waals surface area contributed by atoms with E-state index in [0.717, 1.165) is 32.1 Å². The number of likely N-dealkylation sites (tertiary alicyclic amines) is 1. The number of β-amino-alcohol motifs (C(OH)–C–C–N with tert-alkyl or cyclic N) is 1. The smallest absolute Gasteiger partial charge is 0.243 e. The summed E-state index contributed by atoms with van der Waals surface area (Å²) >= 11 is 0. The van der Waals surface area contributed by atoms with Gasteiger partial charge < -0.3 is 20.6 Å². The number of nitrogens with zero attached hydrogens (tertiary/aromatic N) is 4. The Bertz CT molecular complexity index is 1390. The zero-order valence-electron chi connectivity index (χ0n) is 20.3. The molecule has 12 heteroatoms. The lowest BCUT2D eigenvalue weighted by atomic mass is 9.97. The number of aliphatic hydroxyl groups is 1. The number of benzene rings is 2. The molecule has 3 heterocycles. The van der Waals surface area contributed by atoms with Crippen LogP contribution in [0.25, 0.3) is 0 Å². The van der Waals surface area contributed by atoms with Crippen LogP contribution in [0.1, 0.15) is 18.4 Å². The van der Waals surface area contributed by atoms with Gasteiger partial charge in [-0.05, 0) is 80.9 Å². The zero-order chi connectivity index (χ0) is 26.2. The molecule has 2 aliphatic rings. The zero-order valence-corrected chi connectivity index (χ0v) is 21.1. The van der Waals surface area contributed by atoms with E-state index in [4.69, 9.17) is 0 Å². The van der Waals surface area contributed by atoms with Crippen LogP contribution < -0.4 is 10.6 Å². The molecule has 196 valence electrons. The quantitative estimate of drug-likeness (QED) is 0.407. The first kappa shape index (κ1) is 25.5. The molecule has 0 atom stereocenters. The van der Waals surface area contributed by atoms with Crippen molar-refractivity contribution in [3.63, 3.8) is 0 Å². The van der Waals surface area contributed by atoms with E-state index in [1.807, 2.05) is 0 Å². The van der Waals surface area contributed by atoms with Gasteiger partial charge in [0.2, 0.25) is 16.0 Å². The fourth-order valence-electron chi connectivity index (χ4n) is 4.60. The summed E-state index contributed by atoms with van der Waals surface area (Å²) in [6, 6.07) is 10.3. The highest BCUT2D eigenvalue weighted by molar-refractivity contribution is 7.89. The van der Waals surface area contributed by atoms with Crippen LogP contribution in [-0.4, -0.2) is 71.0 Å². The summed E-state index contributed by atoms with van der Waals surface area (Å²) in [4.78, 5) is 10.3. The van der Waals surface area contributed by atoms with Gasteiger partial charge in [0.1, 0.15) is 11.4 Å². The molecule has 37 heavy (non-hydrogen) atoms. The number of hydrogen-bond acceptors (Lipinski definition) is 8. The molecule has 5 rings (SSSR count). The SMILES string of the molecule is Cc1cc(Nc2nc(Nc3ccc(S(=O)(=O)N4CC(O)(CN5CCCC5)C4)cc3)ncc2F)ccc1F. The average molecular weight is 531 g/mol. The number of aromatic nitrogens is 2. The van der Waals surface area contributed by atoms with Gasteiger partial charge in [0.05, 0.1) is 11.1 Å². The predicted octanol–water partition coefficient (Wildman–Crippen LogP) is 3.38. The van der Waals surface area contributed by atoms with Gasteiger partial charge in [0.15, 0.2) is 11.6 Å². The van der Waals surface area contributed by atoms with Crippen molar-refractivity contribution >= 4 is 33.2 Å². The minimum absolute atomic E-state index is 0.0681. The molecule has 0 radical (unpaired) electrons. The standard InChI is InChI=1S/C25H28F2N6O3S/c1-17-12-19(6-9-21(17)26)29-23-22(27)13-28-24(31-23)30-18-4-7-20(8-5-18)37(35,36)33-15-25(34,16-33)14-32-10-2-3-11-32/h4-9,12-13,34H,2-3,10-11,14-16H2,1H3,(H2,28,29,30,31). The molecule has 3 N–H and O–H groups in total. The lowest BCUT2D eigenvalue weighted by Gasteiger charge is -2.46. The second-order valence-corrected chi connectivity index (χ2v) is 11.5. The van der Waals surface area contributed by atoms with Crippen molar-refractivity contribution in [3.8, 4) is 0 Å². The third-order valence-corrected chi connectivity index (χ3v) is 8.38. The van der Waals surface area contributed by atoms with Crippen LogP contribution in [0.3, 0.4) is 0 Å². The third kappa shape index (κ3) is 5.57. The Kier molecular flexibility index (Phi) is 6.84. The Labute approximate surface area is 214 Å². The molecule has 2 fully saturated rings. The molecule has 9 nitrogen and oxygen atoms in total. The third-order valence-electron chi connectivity index (χ3n) is 6.57. The van der Waals surface area contributed by atoms with Crippen LogP contribution in [-0.2, 0) is 10.0 Å². The molecule has 0 bridgehead atoms. The largest absolute Gasteiger partial charge is 0.386 e. The Hall–Kier alpha value is -3.19.